The number of aromatic nitrogens is 2. The summed E-state index contributed by atoms with van der Waals surface area (Å²) >= 11 is 3.29. The summed E-state index contributed by atoms with van der Waals surface area (Å²) in [5.41, 5.74) is 0.738. The van der Waals surface area contributed by atoms with Crippen molar-refractivity contribution in [3.05, 3.63) is 29.0 Å². The molecule has 20 heavy (non-hydrogen) atoms. The largest absolute Gasteiger partial charge is 0.493 e. The zero-order valence-corrected chi connectivity index (χ0v) is 12.9. The van der Waals surface area contributed by atoms with Gasteiger partial charge in [-0.1, -0.05) is 0 Å². The number of nitrogens with one attached hydrogen (secondary N) is 1. The van der Waals surface area contributed by atoms with Gasteiger partial charge in [0.1, 0.15) is 0 Å². The minimum absolute atomic E-state index is 0.475. The number of anilines is 2. The molecule has 0 saturated heterocycles. The molecule has 1 aromatic heterocycles. The molecule has 0 amide bonds. The highest BCUT2D eigenvalue weighted by atomic mass is 79.9. The number of ether oxygens (including phenoxy) is 3. The van der Waals surface area contributed by atoms with E-state index in [1.165, 1.54) is 0 Å². The van der Waals surface area contributed by atoms with Crippen LogP contribution in [0.4, 0.5) is 11.6 Å². The zero-order valence-electron chi connectivity index (χ0n) is 11.3. The quantitative estimate of drug-likeness (QED) is 0.903. The average Bonchev–Trinajstić information content (AvgIpc) is 2.48. The van der Waals surface area contributed by atoms with Gasteiger partial charge in [0.25, 0.3) is 0 Å². The minimum atomic E-state index is 0.475. The Bertz CT molecular complexity index is 565. The first-order chi connectivity index (χ1) is 9.67. The second kappa shape index (κ2) is 6.42. The van der Waals surface area contributed by atoms with Gasteiger partial charge < -0.3 is 19.5 Å². The van der Waals surface area contributed by atoms with Crippen molar-refractivity contribution in [2.75, 3.05) is 26.6 Å². The van der Waals surface area contributed by atoms with E-state index in [0.29, 0.717) is 23.2 Å². The van der Waals surface area contributed by atoms with Crippen LogP contribution in [0, 0.1) is 0 Å². The predicted octanol–water partition coefficient (Wildman–Crippen LogP) is 3.01. The number of nitrogens with zero attached hydrogens (tertiary/aromatic N) is 2. The lowest BCUT2D eigenvalue weighted by Gasteiger charge is -2.14. The molecule has 1 N–H and O–H groups in total. The topological polar surface area (TPSA) is 65.5 Å². The molecule has 1 heterocycles. The molecular weight excluding hydrogens is 326 g/mol. The molecule has 0 unspecified atom stereocenters. The minimum Gasteiger partial charge on any atom is -0.493 e. The molecule has 0 radical (unpaired) electrons. The van der Waals surface area contributed by atoms with E-state index in [9.17, 15) is 0 Å². The third-order valence-electron chi connectivity index (χ3n) is 2.54. The number of hydrogen-bond donors (Lipinski definition) is 1. The van der Waals surface area contributed by atoms with Gasteiger partial charge in [-0.2, -0.15) is 0 Å². The first kappa shape index (κ1) is 14.4. The lowest BCUT2D eigenvalue weighted by Crippen LogP contribution is -2.00. The molecule has 0 aliphatic heterocycles. The van der Waals surface area contributed by atoms with Crippen LogP contribution < -0.4 is 19.5 Å². The fourth-order valence-corrected chi connectivity index (χ4v) is 1.86. The van der Waals surface area contributed by atoms with Gasteiger partial charge in [-0.25, -0.2) is 9.97 Å². The Morgan fingerprint density at radius 2 is 1.50 bits per heavy atom. The molecule has 0 aliphatic carbocycles. The maximum absolute atomic E-state index is 5.28. The van der Waals surface area contributed by atoms with Crippen molar-refractivity contribution >= 4 is 27.6 Å². The Balaban J connectivity index is 2.34. The number of rotatable bonds is 5. The van der Waals surface area contributed by atoms with E-state index in [0.717, 1.165) is 10.2 Å². The van der Waals surface area contributed by atoms with Crippen molar-refractivity contribution in [1.82, 2.24) is 9.97 Å². The Kier molecular flexibility index (Phi) is 4.62. The monoisotopic (exact) mass is 339 g/mol. The third-order valence-corrected chi connectivity index (χ3v) is 2.95. The van der Waals surface area contributed by atoms with Crippen LogP contribution in [-0.2, 0) is 0 Å². The second-order valence-corrected chi connectivity index (χ2v) is 4.68. The summed E-state index contributed by atoms with van der Waals surface area (Å²) in [5, 5.41) is 3.07. The van der Waals surface area contributed by atoms with E-state index in [4.69, 9.17) is 14.2 Å². The molecule has 7 heteroatoms. The molecule has 6 nitrogen and oxygen atoms in total. The van der Waals surface area contributed by atoms with Gasteiger partial charge in [-0.15, -0.1) is 0 Å². The summed E-state index contributed by atoms with van der Waals surface area (Å²) in [5.74, 6) is 2.14. The van der Waals surface area contributed by atoms with Gasteiger partial charge in [-0.3, -0.25) is 0 Å². The number of methoxy groups -OCH3 is 3. The summed E-state index contributed by atoms with van der Waals surface area (Å²) < 4.78 is 16.6. The molecule has 0 atom stereocenters. The SMILES string of the molecule is COc1cc(Nc2ncc(Br)cn2)cc(OC)c1OC. The first-order valence-corrected chi connectivity index (χ1v) is 6.51. The predicted molar refractivity (Wildman–Crippen MR) is 79.1 cm³/mol. The lowest BCUT2D eigenvalue weighted by molar-refractivity contribution is 0.324. The fourth-order valence-electron chi connectivity index (χ4n) is 1.66. The Hall–Kier alpha value is -2.02. The van der Waals surface area contributed by atoms with Gasteiger partial charge in [0, 0.05) is 30.2 Å². The summed E-state index contributed by atoms with van der Waals surface area (Å²) in [7, 11) is 4.69. The third kappa shape index (κ3) is 3.11. The van der Waals surface area contributed by atoms with Crippen molar-refractivity contribution in [2.24, 2.45) is 0 Å². The van der Waals surface area contributed by atoms with Crippen molar-refractivity contribution in [3.63, 3.8) is 0 Å². The van der Waals surface area contributed by atoms with Gasteiger partial charge in [-0.05, 0) is 15.9 Å². The molecule has 0 aliphatic rings. The Morgan fingerprint density at radius 1 is 0.950 bits per heavy atom. The second-order valence-electron chi connectivity index (χ2n) is 3.76. The van der Waals surface area contributed by atoms with Crippen molar-refractivity contribution in [1.29, 1.82) is 0 Å². The molecule has 0 spiro atoms. The van der Waals surface area contributed by atoms with E-state index in [1.807, 2.05) is 0 Å². The number of hydrogen-bond acceptors (Lipinski definition) is 6. The Morgan fingerprint density at radius 3 is 1.95 bits per heavy atom. The molecule has 2 rings (SSSR count). The summed E-state index contributed by atoms with van der Waals surface area (Å²) in [6.45, 7) is 0. The average molecular weight is 340 g/mol. The van der Waals surface area contributed by atoms with Crippen molar-refractivity contribution in [3.8, 4) is 17.2 Å². The zero-order chi connectivity index (χ0) is 14.5. The lowest BCUT2D eigenvalue weighted by atomic mass is 10.2. The van der Waals surface area contributed by atoms with Crippen LogP contribution in [0.5, 0.6) is 17.2 Å². The van der Waals surface area contributed by atoms with Crippen LogP contribution in [0.3, 0.4) is 0 Å². The number of halogens is 1. The normalized spacial score (nSPS) is 10.0. The highest BCUT2D eigenvalue weighted by Crippen LogP contribution is 2.40. The maximum atomic E-state index is 5.28. The van der Waals surface area contributed by atoms with Crippen molar-refractivity contribution < 1.29 is 14.2 Å². The van der Waals surface area contributed by atoms with E-state index in [1.54, 1.807) is 45.9 Å². The smallest absolute Gasteiger partial charge is 0.227 e. The van der Waals surface area contributed by atoms with Crippen LogP contribution in [0.1, 0.15) is 0 Å². The molecule has 0 bridgehead atoms. The molecule has 106 valence electrons. The van der Waals surface area contributed by atoms with Gasteiger partial charge in [0.15, 0.2) is 11.5 Å². The van der Waals surface area contributed by atoms with Crippen LogP contribution in [0.2, 0.25) is 0 Å². The Labute approximate surface area is 125 Å². The van der Waals surface area contributed by atoms with Gasteiger partial charge >= 0.3 is 0 Å². The summed E-state index contributed by atoms with van der Waals surface area (Å²) in [6, 6.07) is 3.57. The van der Waals surface area contributed by atoms with Crippen LogP contribution in [0.15, 0.2) is 29.0 Å². The molecule has 1 aromatic carbocycles. The first-order valence-electron chi connectivity index (χ1n) is 5.72. The fraction of sp³-hybridized carbons (Fsp3) is 0.231. The van der Waals surface area contributed by atoms with Gasteiger partial charge in [0.05, 0.1) is 25.8 Å². The summed E-state index contributed by atoms with van der Waals surface area (Å²) in [6.07, 6.45) is 3.32. The number of benzene rings is 1. The van der Waals surface area contributed by atoms with E-state index in [-0.39, 0.29) is 0 Å². The van der Waals surface area contributed by atoms with Crippen LogP contribution in [-0.4, -0.2) is 31.3 Å². The molecular formula is C13H14BrN3O3. The maximum Gasteiger partial charge on any atom is 0.227 e. The molecule has 0 saturated carbocycles. The molecule has 2 aromatic rings. The van der Waals surface area contributed by atoms with Gasteiger partial charge in [0.2, 0.25) is 11.7 Å². The van der Waals surface area contributed by atoms with E-state index < -0.39 is 0 Å². The van der Waals surface area contributed by atoms with E-state index in [2.05, 4.69) is 31.2 Å². The van der Waals surface area contributed by atoms with E-state index >= 15 is 0 Å². The molecule has 0 fully saturated rings. The van der Waals surface area contributed by atoms with Crippen molar-refractivity contribution in [2.45, 2.75) is 0 Å². The van der Waals surface area contributed by atoms with Crippen LogP contribution in [0.25, 0.3) is 0 Å². The van der Waals surface area contributed by atoms with Crippen LogP contribution >= 0.6 is 15.9 Å². The highest BCUT2D eigenvalue weighted by Gasteiger charge is 2.13. The summed E-state index contributed by atoms with van der Waals surface area (Å²) in [4.78, 5) is 8.29. The standard InChI is InChI=1S/C13H14BrN3O3/c1-18-10-4-9(5-11(19-2)12(10)20-3)17-13-15-6-8(14)7-16-13/h4-7H,1-3H3,(H,15,16,17). The highest BCUT2D eigenvalue weighted by molar-refractivity contribution is 9.10.